The number of carboxylic acids is 1. The molecule has 0 fully saturated rings. The number of carbonyl (C=O) groups is 1. The van der Waals surface area contributed by atoms with Crippen molar-refractivity contribution in [1.82, 2.24) is 5.32 Å². The average Bonchev–Trinajstić information content (AvgIpc) is 2.36. The second-order valence-electron chi connectivity index (χ2n) is 4.41. The molecule has 0 saturated carbocycles. The van der Waals surface area contributed by atoms with E-state index in [0.29, 0.717) is 12.8 Å². The fraction of sp³-hybridized carbons (Fsp3) is 0.462. The Morgan fingerprint density at radius 3 is 2.68 bits per heavy atom. The predicted octanol–water partition coefficient (Wildman–Crippen LogP) is 2.19. The van der Waals surface area contributed by atoms with E-state index >= 15 is 0 Å². The fourth-order valence-corrected chi connectivity index (χ4v) is 1.54. The lowest BCUT2D eigenvalue weighted by atomic mass is 9.96. The van der Waals surface area contributed by atoms with Gasteiger partial charge in [-0.2, -0.15) is 0 Å². The normalized spacial score (nSPS) is 13.9. The Labute approximate surface area is 110 Å². The zero-order valence-corrected chi connectivity index (χ0v) is 10.9. The number of hydrogen-bond acceptors (Lipinski definition) is 3. The lowest BCUT2D eigenvalue weighted by molar-refractivity contribution is -0.144. The zero-order chi connectivity index (χ0) is 14.5. The Balaban J connectivity index is 2.45. The molecule has 0 aliphatic carbocycles. The number of ether oxygens (including phenoxy) is 1. The van der Waals surface area contributed by atoms with E-state index < -0.39 is 23.1 Å². The molecular formula is C13H17F2NO3. The molecule has 2 N–H and O–H groups in total. The van der Waals surface area contributed by atoms with Crippen molar-refractivity contribution in [2.24, 2.45) is 0 Å². The lowest BCUT2D eigenvalue weighted by Gasteiger charge is -2.23. The van der Waals surface area contributed by atoms with Gasteiger partial charge in [0.1, 0.15) is 11.4 Å². The molecule has 1 aromatic carbocycles. The molecule has 0 aromatic heterocycles. The summed E-state index contributed by atoms with van der Waals surface area (Å²) in [5, 5.41) is 11.7. The summed E-state index contributed by atoms with van der Waals surface area (Å²) in [7, 11) is 1.56. The molecule has 0 saturated heterocycles. The Morgan fingerprint density at radius 1 is 1.47 bits per heavy atom. The van der Waals surface area contributed by atoms with Gasteiger partial charge in [0, 0.05) is 6.07 Å². The minimum Gasteiger partial charge on any atom is -0.491 e. The monoisotopic (exact) mass is 273 g/mol. The molecule has 1 rings (SSSR count). The lowest BCUT2D eigenvalue weighted by Crippen LogP contribution is -2.47. The second-order valence-corrected chi connectivity index (χ2v) is 4.41. The Hall–Kier alpha value is -1.69. The topological polar surface area (TPSA) is 58.6 Å². The molecule has 106 valence electrons. The van der Waals surface area contributed by atoms with Crippen LogP contribution in [0.15, 0.2) is 18.2 Å². The van der Waals surface area contributed by atoms with E-state index in [1.165, 1.54) is 6.07 Å². The first-order valence-corrected chi connectivity index (χ1v) is 5.89. The van der Waals surface area contributed by atoms with Gasteiger partial charge in [-0.1, -0.05) is 0 Å². The van der Waals surface area contributed by atoms with Gasteiger partial charge in [0.05, 0.1) is 6.61 Å². The van der Waals surface area contributed by atoms with Crippen LogP contribution in [0.1, 0.15) is 19.8 Å². The highest BCUT2D eigenvalue weighted by Gasteiger charge is 2.30. The third-order valence-corrected chi connectivity index (χ3v) is 3.00. The Kier molecular flexibility index (Phi) is 5.23. The van der Waals surface area contributed by atoms with Crippen LogP contribution in [0.4, 0.5) is 8.78 Å². The molecule has 0 aliphatic rings. The van der Waals surface area contributed by atoms with Crippen molar-refractivity contribution in [3.63, 3.8) is 0 Å². The van der Waals surface area contributed by atoms with Crippen LogP contribution in [0.25, 0.3) is 0 Å². The summed E-state index contributed by atoms with van der Waals surface area (Å²) in [6.07, 6.45) is 0.766. The van der Waals surface area contributed by atoms with Crippen LogP contribution in [-0.2, 0) is 4.79 Å². The van der Waals surface area contributed by atoms with Crippen LogP contribution in [0.5, 0.6) is 5.75 Å². The zero-order valence-electron chi connectivity index (χ0n) is 10.9. The van der Waals surface area contributed by atoms with Gasteiger partial charge in [-0.15, -0.1) is 0 Å². The SMILES string of the molecule is CNC(C)(CCCOc1ccc(F)cc1F)C(=O)O. The van der Waals surface area contributed by atoms with E-state index in [-0.39, 0.29) is 12.4 Å². The highest BCUT2D eigenvalue weighted by molar-refractivity contribution is 5.78. The van der Waals surface area contributed by atoms with E-state index in [9.17, 15) is 13.6 Å². The van der Waals surface area contributed by atoms with Crippen LogP contribution >= 0.6 is 0 Å². The molecule has 0 spiro atoms. The van der Waals surface area contributed by atoms with Gasteiger partial charge in [0.15, 0.2) is 11.6 Å². The summed E-state index contributed by atoms with van der Waals surface area (Å²) in [6.45, 7) is 1.72. The Bertz CT molecular complexity index is 454. The number of nitrogens with one attached hydrogen (secondary N) is 1. The summed E-state index contributed by atoms with van der Waals surface area (Å²) in [4.78, 5) is 11.0. The van der Waals surface area contributed by atoms with E-state index in [2.05, 4.69) is 5.32 Å². The molecule has 6 heteroatoms. The second kappa shape index (κ2) is 6.47. The average molecular weight is 273 g/mol. The van der Waals surface area contributed by atoms with Crippen molar-refractivity contribution < 1.29 is 23.4 Å². The summed E-state index contributed by atoms with van der Waals surface area (Å²) >= 11 is 0. The third kappa shape index (κ3) is 4.17. The molecule has 4 nitrogen and oxygen atoms in total. The number of carboxylic acid groups (broad SMARTS) is 1. The maximum Gasteiger partial charge on any atom is 0.323 e. The molecule has 0 radical (unpaired) electrons. The number of rotatable bonds is 7. The fourth-order valence-electron chi connectivity index (χ4n) is 1.54. The molecule has 1 aromatic rings. The van der Waals surface area contributed by atoms with Crippen molar-refractivity contribution in [3.05, 3.63) is 29.8 Å². The van der Waals surface area contributed by atoms with Crippen LogP contribution in [0.2, 0.25) is 0 Å². The molecule has 1 unspecified atom stereocenters. The Morgan fingerprint density at radius 2 is 2.16 bits per heavy atom. The first-order chi connectivity index (χ1) is 8.89. The summed E-state index contributed by atoms with van der Waals surface area (Å²) < 4.78 is 31.0. The summed E-state index contributed by atoms with van der Waals surface area (Å²) in [6, 6.07) is 3.05. The number of aliphatic carboxylic acids is 1. The van der Waals surface area contributed by atoms with Gasteiger partial charge in [0.2, 0.25) is 0 Å². The molecular weight excluding hydrogens is 256 g/mol. The van der Waals surface area contributed by atoms with Crippen LogP contribution < -0.4 is 10.1 Å². The smallest absolute Gasteiger partial charge is 0.323 e. The van der Waals surface area contributed by atoms with Gasteiger partial charge in [-0.25, -0.2) is 8.78 Å². The first-order valence-electron chi connectivity index (χ1n) is 5.89. The molecule has 0 aliphatic heterocycles. The van der Waals surface area contributed by atoms with Crippen molar-refractivity contribution >= 4 is 5.97 Å². The van der Waals surface area contributed by atoms with Crippen LogP contribution in [0.3, 0.4) is 0 Å². The minimum atomic E-state index is -1.04. The summed E-state index contributed by atoms with van der Waals surface area (Å²) in [5.74, 6) is -2.43. The number of benzene rings is 1. The molecule has 1 atom stereocenters. The highest BCUT2D eigenvalue weighted by atomic mass is 19.1. The molecule has 0 amide bonds. The standard InChI is InChI=1S/C13H17F2NO3/c1-13(16-2,12(17)18)6-3-7-19-11-5-4-9(14)8-10(11)15/h4-5,8,16H,3,6-7H2,1-2H3,(H,17,18). The van der Waals surface area contributed by atoms with Crippen molar-refractivity contribution in [2.75, 3.05) is 13.7 Å². The van der Waals surface area contributed by atoms with Gasteiger partial charge >= 0.3 is 5.97 Å². The van der Waals surface area contributed by atoms with Crippen molar-refractivity contribution in [1.29, 1.82) is 0 Å². The van der Waals surface area contributed by atoms with E-state index in [4.69, 9.17) is 9.84 Å². The van der Waals surface area contributed by atoms with Gasteiger partial charge in [-0.05, 0) is 38.9 Å². The molecule has 0 heterocycles. The number of likely N-dealkylation sites (N-methyl/N-ethyl adjacent to an activating group) is 1. The van der Waals surface area contributed by atoms with Crippen LogP contribution in [0, 0.1) is 11.6 Å². The van der Waals surface area contributed by atoms with Crippen LogP contribution in [-0.4, -0.2) is 30.3 Å². The molecule has 19 heavy (non-hydrogen) atoms. The number of halogens is 2. The maximum atomic E-state index is 13.2. The van der Waals surface area contributed by atoms with E-state index in [1.807, 2.05) is 0 Å². The third-order valence-electron chi connectivity index (χ3n) is 3.00. The van der Waals surface area contributed by atoms with Crippen molar-refractivity contribution in [2.45, 2.75) is 25.3 Å². The van der Waals surface area contributed by atoms with E-state index in [1.54, 1.807) is 14.0 Å². The van der Waals surface area contributed by atoms with Gasteiger partial charge in [-0.3, -0.25) is 4.79 Å². The van der Waals surface area contributed by atoms with Gasteiger partial charge < -0.3 is 15.2 Å². The molecule has 0 bridgehead atoms. The van der Waals surface area contributed by atoms with Gasteiger partial charge in [0.25, 0.3) is 0 Å². The largest absolute Gasteiger partial charge is 0.491 e. The number of hydrogen-bond donors (Lipinski definition) is 2. The minimum absolute atomic E-state index is 0.0390. The predicted molar refractivity (Wildman–Crippen MR) is 66.2 cm³/mol. The van der Waals surface area contributed by atoms with Crippen molar-refractivity contribution in [3.8, 4) is 5.75 Å². The maximum absolute atomic E-state index is 13.2. The van der Waals surface area contributed by atoms with E-state index in [0.717, 1.165) is 12.1 Å². The highest BCUT2D eigenvalue weighted by Crippen LogP contribution is 2.19. The summed E-state index contributed by atoms with van der Waals surface area (Å²) in [5.41, 5.74) is -1.04. The first kappa shape index (κ1) is 15.4. The quantitative estimate of drug-likeness (QED) is 0.748.